The lowest BCUT2D eigenvalue weighted by atomic mass is 10.2. The minimum atomic E-state index is -3.73. The molecular weight excluding hydrogens is 266 g/mol. The summed E-state index contributed by atoms with van der Waals surface area (Å²) < 4.78 is 26.2. The molecule has 1 unspecified atom stereocenters. The van der Waals surface area contributed by atoms with E-state index in [0.29, 0.717) is 18.4 Å². The van der Waals surface area contributed by atoms with E-state index in [1.54, 1.807) is 25.1 Å². The van der Waals surface area contributed by atoms with Crippen molar-refractivity contribution in [1.29, 1.82) is 0 Å². The Balaban J connectivity index is 2.45. The minimum Gasteiger partial charge on any atom is -0.480 e. The molecule has 1 saturated heterocycles. The van der Waals surface area contributed by atoms with Crippen LogP contribution in [0.25, 0.3) is 0 Å². The van der Waals surface area contributed by atoms with Crippen LogP contribution in [0.2, 0.25) is 0 Å². The molecule has 5 nitrogen and oxygen atoms in total. The van der Waals surface area contributed by atoms with Gasteiger partial charge in [-0.05, 0) is 38.3 Å². The molecule has 0 aliphatic carbocycles. The van der Waals surface area contributed by atoms with Gasteiger partial charge in [0.1, 0.15) is 6.04 Å². The number of rotatable bonds is 3. The van der Waals surface area contributed by atoms with E-state index in [9.17, 15) is 13.2 Å². The smallest absolute Gasteiger partial charge is 0.322 e. The Hall–Kier alpha value is -1.40. The van der Waals surface area contributed by atoms with Crippen molar-refractivity contribution in [3.05, 3.63) is 29.3 Å². The van der Waals surface area contributed by atoms with Gasteiger partial charge in [-0.1, -0.05) is 17.7 Å². The Bertz CT molecular complexity index is 609. The monoisotopic (exact) mass is 283 g/mol. The third-order valence-corrected chi connectivity index (χ3v) is 5.47. The molecule has 1 atom stereocenters. The van der Waals surface area contributed by atoms with Crippen molar-refractivity contribution < 1.29 is 18.3 Å². The minimum absolute atomic E-state index is 0.200. The second-order valence-corrected chi connectivity index (χ2v) is 6.74. The first-order chi connectivity index (χ1) is 8.84. The van der Waals surface area contributed by atoms with Gasteiger partial charge in [0.05, 0.1) is 4.90 Å². The first-order valence-electron chi connectivity index (χ1n) is 6.16. The van der Waals surface area contributed by atoms with Crippen molar-refractivity contribution in [3.63, 3.8) is 0 Å². The van der Waals surface area contributed by atoms with Gasteiger partial charge in [0, 0.05) is 6.54 Å². The molecule has 0 radical (unpaired) electrons. The van der Waals surface area contributed by atoms with Crippen LogP contribution >= 0.6 is 0 Å². The second-order valence-electron chi connectivity index (χ2n) is 4.88. The van der Waals surface area contributed by atoms with Gasteiger partial charge < -0.3 is 5.11 Å². The van der Waals surface area contributed by atoms with E-state index in [0.717, 1.165) is 9.87 Å². The van der Waals surface area contributed by atoms with Gasteiger partial charge in [-0.15, -0.1) is 0 Å². The molecule has 1 aromatic rings. The lowest BCUT2D eigenvalue weighted by Gasteiger charge is -2.22. The molecule has 0 saturated carbocycles. The summed E-state index contributed by atoms with van der Waals surface area (Å²) in [6.07, 6.45) is 0.959. The third kappa shape index (κ3) is 2.50. The number of nitrogens with zero attached hydrogens (tertiary/aromatic N) is 1. The molecule has 1 aliphatic heterocycles. The molecule has 104 valence electrons. The highest BCUT2D eigenvalue weighted by molar-refractivity contribution is 7.89. The summed E-state index contributed by atoms with van der Waals surface area (Å²) in [5.41, 5.74) is 1.63. The van der Waals surface area contributed by atoms with Crippen molar-refractivity contribution >= 4 is 16.0 Å². The molecule has 0 aromatic heterocycles. The van der Waals surface area contributed by atoms with Crippen LogP contribution in [0, 0.1) is 13.8 Å². The van der Waals surface area contributed by atoms with Crippen LogP contribution < -0.4 is 0 Å². The number of aliphatic carboxylic acids is 1. The van der Waals surface area contributed by atoms with Gasteiger partial charge in [-0.3, -0.25) is 4.79 Å². The number of carbonyl (C=O) groups is 1. The molecule has 1 heterocycles. The van der Waals surface area contributed by atoms with Gasteiger partial charge in [0.15, 0.2) is 0 Å². The largest absolute Gasteiger partial charge is 0.480 e. The summed E-state index contributed by atoms with van der Waals surface area (Å²) in [5.74, 6) is -1.08. The predicted molar refractivity (Wildman–Crippen MR) is 70.5 cm³/mol. The molecule has 0 amide bonds. The molecule has 1 N–H and O–H groups in total. The van der Waals surface area contributed by atoms with Crippen molar-refractivity contribution in [3.8, 4) is 0 Å². The normalized spacial score (nSPS) is 20.6. The van der Waals surface area contributed by atoms with E-state index >= 15 is 0 Å². The maximum Gasteiger partial charge on any atom is 0.322 e. The van der Waals surface area contributed by atoms with E-state index in [-0.39, 0.29) is 11.4 Å². The zero-order valence-corrected chi connectivity index (χ0v) is 11.8. The topological polar surface area (TPSA) is 74.7 Å². The number of sulfonamides is 1. The van der Waals surface area contributed by atoms with E-state index < -0.39 is 22.0 Å². The highest BCUT2D eigenvalue weighted by Gasteiger charge is 2.39. The zero-order valence-electron chi connectivity index (χ0n) is 11.0. The lowest BCUT2D eigenvalue weighted by molar-refractivity contribution is -0.140. The van der Waals surface area contributed by atoms with Gasteiger partial charge >= 0.3 is 5.97 Å². The maximum atomic E-state index is 12.5. The number of benzene rings is 1. The zero-order chi connectivity index (χ0) is 14.2. The lowest BCUT2D eigenvalue weighted by Crippen LogP contribution is -2.40. The first kappa shape index (κ1) is 14.0. The van der Waals surface area contributed by atoms with E-state index in [1.165, 1.54) is 0 Å². The molecule has 1 aliphatic rings. The highest BCUT2D eigenvalue weighted by Crippen LogP contribution is 2.28. The number of hydrogen-bond acceptors (Lipinski definition) is 3. The maximum absolute atomic E-state index is 12.5. The van der Waals surface area contributed by atoms with E-state index in [4.69, 9.17) is 5.11 Å². The Morgan fingerprint density at radius 2 is 2.05 bits per heavy atom. The standard InChI is InChI=1S/C13H17NO4S/c1-9-5-6-12(10(2)8-9)19(17,18)14-7-3-4-11(14)13(15)16/h5-6,8,11H,3-4,7H2,1-2H3,(H,15,16). The number of carboxylic acids is 1. The summed E-state index contributed by atoms with van der Waals surface area (Å²) in [6.45, 7) is 3.89. The average Bonchev–Trinajstić information content (AvgIpc) is 2.77. The number of hydrogen-bond donors (Lipinski definition) is 1. The summed E-state index contributed by atoms with van der Waals surface area (Å²) in [6, 6.07) is 4.13. The van der Waals surface area contributed by atoms with Crippen LogP contribution in [0.1, 0.15) is 24.0 Å². The molecule has 0 bridgehead atoms. The van der Waals surface area contributed by atoms with Gasteiger partial charge in [-0.2, -0.15) is 4.31 Å². The Morgan fingerprint density at radius 1 is 1.37 bits per heavy atom. The molecule has 19 heavy (non-hydrogen) atoms. The summed E-state index contributed by atoms with van der Waals surface area (Å²) in [4.78, 5) is 11.3. The van der Waals surface area contributed by atoms with Crippen LogP contribution in [0.4, 0.5) is 0 Å². The SMILES string of the molecule is Cc1ccc(S(=O)(=O)N2CCCC2C(=O)O)c(C)c1. The Kier molecular flexibility index (Phi) is 3.64. The second kappa shape index (κ2) is 4.94. The van der Waals surface area contributed by atoms with Crippen molar-refractivity contribution in [2.24, 2.45) is 0 Å². The fraction of sp³-hybridized carbons (Fsp3) is 0.462. The average molecular weight is 283 g/mol. The molecule has 2 rings (SSSR count). The van der Waals surface area contributed by atoms with Crippen molar-refractivity contribution in [2.75, 3.05) is 6.54 Å². The van der Waals surface area contributed by atoms with Crippen LogP contribution in [-0.4, -0.2) is 36.4 Å². The molecule has 1 aromatic carbocycles. The number of carboxylic acid groups (broad SMARTS) is 1. The van der Waals surface area contributed by atoms with Crippen molar-refractivity contribution in [1.82, 2.24) is 4.31 Å². The number of aryl methyl sites for hydroxylation is 2. The fourth-order valence-electron chi connectivity index (χ4n) is 2.49. The highest BCUT2D eigenvalue weighted by atomic mass is 32.2. The molecule has 1 fully saturated rings. The van der Waals surface area contributed by atoms with Crippen molar-refractivity contribution in [2.45, 2.75) is 37.6 Å². The van der Waals surface area contributed by atoms with E-state index in [2.05, 4.69) is 0 Å². The summed E-state index contributed by atoms with van der Waals surface area (Å²) in [7, 11) is -3.73. The van der Waals surface area contributed by atoms with Gasteiger partial charge in [0.25, 0.3) is 0 Å². The Labute approximate surface area is 112 Å². The van der Waals surface area contributed by atoms with Crippen LogP contribution in [0.3, 0.4) is 0 Å². The van der Waals surface area contributed by atoms with Crippen LogP contribution in [0.5, 0.6) is 0 Å². The predicted octanol–water partition coefficient (Wildman–Crippen LogP) is 1.54. The third-order valence-electron chi connectivity index (χ3n) is 3.41. The molecule has 6 heteroatoms. The summed E-state index contributed by atoms with van der Waals surface area (Å²) in [5, 5.41) is 9.10. The van der Waals surface area contributed by atoms with Gasteiger partial charge in [0.2, 0.25) is 10.0 Å². The van der Waals surface area contributed by atoms with Crippen LogP contribution in [-0.2, 0) is 14.8 Å². The molecular formula is C13H17NO4S. The van der Waals surface area contributed by atoms with Gasteiger partial charge in [-0.25, -0.2) is 8.42 Å². The molecule has 0 spiro atoms. The fourth-order valence-corrected chi connectivity index (χ4v) is 4.35. The van der Waals surface area contributed by atoms with Crippen LogP contribution in [0.15, 0.2) is 23.1 Å². The first-order valence-corrected chi connectivity index (χ1v) is 7.60. The quantitative estimate of drug-likeness (QED) is 0.913. The Morgan fingerprint density at radius 3 is 2.63 bits per heavy atom. The summed E-state index contributed by atoms with van der Waals surface area (Å²) >= 11 is 0. The van der Waals surface area contributed by atoms with E-state index in [1.807, 2.05) is 6.92 Å².